The maximum Gasteiger partial charge on any atom is 0.477 e. The molecule has 0 saturated heterocycles. The second-order valence-electron chi connectivity index (χ2n) is 8.32. The van der Waals surface area contributed by atoms with Crippen LogP contribution in [0.1, 0.15) is 81.1 Å². The maximum absolute atomic E-state index is 11.9. The fourth-order valence-electron chi connectivity index (χ4n) is 2.78. The van der Waals surface area contributed by atoms with E-state index in [4.69, 9.17) is 9.68 Å². The van der Waals surface area contributed by atoms with Gasteiger partial charge in [-0.2, -0.15) is 9.68 Å². The molecular formula is C20H42NO3+. The van der Waals surface area contributed by atoms with Gasteiger partial charge >= 0.3 is 5.09 Å². The topological polar surface area (TPSA) is 38.5 Å². The van der Waals surface area contributed by atoms with Gasteiger partial charge in [0.1, 0.15) is 4.91 Å². The molecule has 0 aromatic carbocycles. The molecule has 0 N–H and O–H groups in total. The van der Waals surface area contributed by atoms with Gasteiger partial charge in [-0.1, -0.05) is 68.2 Å². The zero-order valence-electron chi connectivity index (χ0n) is 17.4. The average molecular weight is 345 g/mol. The van der Waals surface area contributed by atoms with Crippen LogP contribution in [0.5, 0.6) is 0 Å². The monoisotopic (exact) mass is 344 g/mol. The largest absolute Gasteiger partial charge is 0.477 e. The van der Waals surface area contributed by atoms with Crippen molar-refractivity contribution in [2.75, 3.05) is 13.2 Å². The van der Waals surface area contributed by atoms with Gasteiger partial charge in [-0.05, 0) is 36.5 Å². The molecule has 0 rings (SSSR count). The molecule has 0 bridgehead atoms. The van der Waals surface area contributed by atoms with Crippen LogP contribution in [0.25, 0.3) is 0 Å². The smallest absolute Gasteiger partial charge is 0.186 e. The third-order valence-corrected chi connectivity index (χ3v) is 5.48. The van der Waals surface area contributed by atoms with Gasteiger partial charge in [0.15, 0.2) is 13.2 Å². The number of hydrogen-bond acceptors (Lipinski definition) is 3. The molecule has 144 valence electrons. The highest BCUT2D eigenvalue weighted by atomic mass is 17.0. The van der Waals surface area contributed by atoms with Crippen molar-refractivity contribution < 1.29 is 14.8 Å². The van der Waals surface area contributed by atoms with Crippen molar-refractivity contribution in [2.45, 2.75) is 81.1 Å². The molecule has 0 saturated carbocycles. The van der Waals surface area contributed by atoms with Crippen LogP contribution in [-0.2, 0) is 9.68 Å². The van der Waals surface area contributed by atoms with Crippen LogP contribution in [0, 0.1) is 40.4 Å². The Morgan fingerprint density at radius 1 is 0.708 bits per heavy atom. The molecule has 0 spiro atoms. The standard InChI is InChI=1S/C20H42NO3/c1-9-17(7)11-19(15(3)4)13-23-21(22)24-14-20(16(5)6)12-18(8)10-2/h15-20H,9-14H2,1-8H3/q+1. The molecule has 0 fully saturated rings. The molecule has 0 radical (unpaired) electrons. The minimum atomic E-state index is 0.345. The normalized spacial score (nSPS) is 16.8. The lowest BCUT2D eigenvalue weighted by atomic mass is 9.87. The summed E-state index contributed by atoms with van der Waals surface area (Å²) < 4.78 is 0. The number of nitrogens with zero attached hydrogens (tertiary/aromatic N) is 1. The van der Waals surface area contributed by atoms with E-state index >= 15 is 0 Å². The van der Waals surface area contributed by atoms with Gasteiger partial charge in [-0.3, -0.25) is 0 Å². The van der Waals surface area contributed by atoms with Crippen LogP contribution in [-0.4, -0.2) is 18.3 Å². The molecule has 0 amide bonds. The Balaban J connectivity index is 4.30. The van der Waals surface area contributed by atoms with Crippen molar-refractivity contribution in [3.05, 3.63) is 4.91 Å². The van der Waals surface area contributed by atoms with Crippen LogP contribution in [0.2, 0.25) is 0 Å². The first-order valence-corrected chi connectivity index (χ1v) is 9.94. The summed E-state index contributed by atoms with van der Waals surface area (Å²) in [6.45, 7) is 18.5. The lowest BCUT2D eigenvalue weighted by molar-refractivity contribution is -0.983. The van der Waals surface area contributed by atoms with E-state index in [1.54, 1.807) is 0 Å². The molecular weight excluding hydrogens is 302 g/mol. The summed E-state index contributed by atoms with van der Waals surface area (Å²) >= 11 is 0. The van der Waals surface area contributed by atoms with Gasteiger partial charge in [0.05, 0.1) is 0 Å². The summed E-state index contributed by atoms with van der Waals surface area (Å²) in [5.74, 6) is 3.09. The van der Waals surface area contributed by atoms with Crippen molar-refractivity contribution in [3.8, 4) is 0 Å². The Labute approximate surface area is 150 Å². The van der Waals surface area contributed by atoms with E-state index in [9.17, 15) is 4.91 Å². The van der Waals surface area contributed by atoms with Gasteiger partial charge in [-0.15, -0.1) is 0 Å². The molecule has 0 aliphatic rings. The molecule has 0 aliphatic heterocycles. The minimum absolute atomic E-state index is 0.345. The molecule has 4 unspecified atom stereocenters. The predicted molar refractivity (Wildman–Crippen MR) is 100 cm³/mol. The number of rotatable bonds is 14. The summed E-state index contributed by atoms with van der Waals surface area (Å²) in [5, 5.41) is 0.345. The van der Waals surface area contributed by atoms with Crippen LogP contribution in [0.3, 0.4) is 0 Å². The minimum Gasteiger partial charge on any atom is -0.186 e. The van der Waals surface area contributed by atoms with Gasteiger partial charge < -0.3 is 0 Å². The summed E-state index contributed by atoms with van der Waals surface area (Å²) in [6, 6.07) is 0. The Morgan fingerprint density at radius 2 is 1.04 bits per heavy atom. The first kappa shape index (κ1) is 23.2. The Bertz CT molecular complexity index is 301. The Hall–Kier alpha value is -0.800. The summed E-state index contributed by atoms with van der Waals surface area (Å²) in [6.07, 6.45) is 4.49. The van der Waals surface area contributed by atoms with Crippen molar-refractivity contribution in [2.24, 2.45) is 35.5 Å². The van der Waals surface area contributed by atoms with E-state index in [2.05, 4.69) is 55.4 Å². The summed E-state index contributed by atoms with van der Waals surface area (Å²) in [4.78, 5) is 22.5. The van der Waals surface area contributed by atoms with Crippen LogP contribution < -0.4 is 0 Å². The molecule has 0 aromatic rings. The zero-order valence-corrected chi connectivity index (χ0v) is 17.4. The van der Waals surface area contributed by atoms with Crippen molar-refractivity contribution in [1.29, 1.82) is 0 Å². The molecule has 4 heteroatoms. The SMILES string of the molecule is CCC(C)CC(CO[N+](=O)OCC(CC(C)CC)C(C)C)C(C)C. The molecule has 0 aromatic heterocycles. The third-order valence-electron chi connectivity index (χ3n) is 5.48. The maximum atomic E-state index is 11.9. The van der Waals surface area contributed by atoms with Crippen molar-refractivity contribution >= 4 is 0 Å². The van der Waals surface area contributed by atoms with Gasteiger partial charge in [-0.25, -0.2) is 0 Å². The quantitative estimate of drug-likeness (QED) is 0.360. The van der Waals surface area contributed by atoms with E-state index in [0.29, 0.717) is 53.8 Å². The summed E-state index contributed by atoms with van der Waals surface area (Å²) in [5.41, 5.74) is 0. The van der Waals surface area contributed by atoms with E-state index in [1.165, 1.54) is 0 Å². The molecule has 4 atom stereocenters. The highest BCUT2D eigenvalue weighted by Crippen LogP contribution is 2.24. The van der Waals surface area contributed by atoms with Crippen molar-refractivity contribution in [1.82, 2.24) is 0 Å². The average Bonchev–Trinajstić information content (AvgIpc) is 2.53. The van der Waals surface area contributed by atoms with E-state index in [-0.39, 0.29) is 0 Å². The number of hydrogen-bond donors (Lipinski definition) is 0. The Morgan fingerprint density at radius 3 is 1.29 bits per heavy atom. The van der Waals surface area contributed by atoms with Gasteiger partial charge in [0, 0.05) is 11.8 Å². The highest BCUT2D eigenvalue weighted by molar-refractivity contribution is 4.66. The van der Waals surface area contributed by atoms with Gasteiger partial charge in [0.25, 0.3) is 0 Å². The lowest BCUT2D eigenvalue weighted by Crippen LogP contribution is -2.25. The van der Waals surface area contributed by atoms with Crippen LogP contribution >= 0.6 is 0 Å². The van der Waals surface area contributed by atoms with E-state index in [1.807, 2.05) is 0 Å². The molecule has 0 aliphatic carbocycles. The fourth-order valence-corrected chi connectivity index (χ4v) is 2.78. The molecule has 0 heterocycles. The van der Waals surface area contributed by atoms with Crippen molar-refractivity contribution in [3.63, 3.8) is 0 Å². The predicted octanol–water partition coefficient (Wildman–Crippen LogP) is 6.05. The third kappa shape index (κ3) is 10.1. The van der Waals surface area contributed by atoms with E-state index < -0.39 is 0 Å². The fraction of sp³-hybridized carbons (Fsp3) is 1.00. The summed E-state index contributed by atoms with van der Waals surface area (Å²) in [7, 11) is 0. The zero-order chi connectivity index (χ0) is 18.7. The van der Waals surface area contributed by atoms with Crippen LogP contribution in [0.4, 0.5) is 0 Å². The molecule has 24 heavy (non-hydrogen) atoms. The first-order chi connectivity index (χ1) is 11.2. The molecule has 4 nitrogen and oxygen atoms in total. The highest BCUT2D eigenvalue weighted by Gasteiger charge is 2.25. The van der Waals surface area contributed by atoms with Gasteiger partial charge in [0.2, 0.25) is 0 Å². The first-order valence-electron chi connectivity index (χ1n) is 9.94. The van der Waals surface area contributed by atoms with E-state index in [0.717, 1.165) is 25.7 Å². The lowest BCUT2D eigenvalue weighted by Gasteiger charge is -2.22. The van der Waals surface area contributed by atoms with Crippen LogP contribution in [0.15, 0.2) is 0 Å². The Kier molecular flexibility index (Phi) is 12.1. The second kappa shape index (κ2) is 12.5. The second-order valence-corrected chi connectivity index (χ2v) is 8.32.